The first-order valence-corrected chi connectivity index (χ1v) is 12.0. The van der Waals surface area contributed by atoms with Gasteiger partial charge in [-0.2, -0.15) is 0 Å². The van der Waals surface area contributed by atoms with Gasteiger partial charge in [0, 0.05) is 60.3 Å². The molecule has 0 atom stereocenters. The Morgan fingerprint density at radius 1 is 0.708 bits per heavy atom. The summed E-state index contributed by atoms with van der Waals surface area (Å²) in [6.45, 7) is 2.11. The van der Waals surface area contributed by atoms with Crippen molar-refractivity contribution in [2.75, 3.05) is 42.7 Å². The molecule has 0 radical (unpaired) electrons. The molecule has 0 saturated heterocycles. The van der Waals surface area contributed by atoms with Gasteiger partial charge in [-0.15, -0.1) is 0 Å². The summed E-state index contributed by atoms with van der Waals surface area (Å²) < 4.78 is 32.7. The fourth-order valence-electron chi connectivity index (χ4n) is 2.77. The fourth-order valence-corrected chi connectivity index (χ4v) is 6.22. The maximum atomic E-state index is 5.79. The van der Waals surface area contributed by atoms with Gasteiger partial charge in [0.25, 0.3) is 0 Å². The summed E-state index contributed by atoms with van der Waals surface area (Å²) in [7, 11) is 4.71. The maximum Gasteiger partial charge on any atom is 0.500 e. The van der Waals surface area contributed by atoms with Crippen molar-refractivity contribution in [2.45, 2.75) is 50.2 Å². The Kier molecular flexibility index (Phi) is 11.7. The standard InChI is InChI=1S/C14H36N2O6Si2/c1-14(16-15,10-8-12-23(17-2,18-3)19-4)11-9-13-24(20-5,21-6)22-7/h16H,8-13,15H2,1-7H3. The van der Waals surface area contributed by atoms with E-state index >= 15 is 0 Å². The number of nitrogens with two attached hydrogens (primary N) is 1. The summed E-state index contributed by atoms with van der Waals surface area (Å²) in [5.41, 5.74) is 2.76. The van der Waals surface area contributed by atoms with Gasteiger partial charge in [-0.25, -0.2) is 0 Å². The number of rotatable bonds is 15. The molecule has 0 bridgehead atoms. The molecule has 10 heteroatoms. The van der Waals surface area contributed by atoms with E-state index in [1.54, 1.807) is 42.7 Å². The van der Waals surface area contributed by atoms with Crippen molar-refractivity contribution in [3.05, 3.63) is 0 Å². The second-order valence-electron chi connectivity index (χ2n) is 6.00. The van der Waals surface area contributed by atoms with Crippen LogP contribution in [-0.4, -0.2) is 65.8 Å². The largest absolute Gasteiger partial charge is 0.500 e. The molecular weight excluding hydrogens is 348 g/mol. The van der Waals surface area contributed by atoms with E-state index in [9.17, 15) is 0 Å². The van der Waals surface area contributed by atoms with Gasteiger partial charge >= 0.3 is 17.6 Å². The van der Waals surface area contributed by atoms with Gasteiger partial charge < -0.3 is 26.6 Å². The van der Waals surface area contributed by atoms with E-state index in [1.165, 1.54) is 0 Å². The smallest absolute Gasteiger partial charge is 0.377 e. The molecule has 0 aromatic heterocycles. The second kappa shape index (κ2) is 11.7. The summed E-state index contributed by atoms with van der Waals surface area (Å²) >= 11 is 0. The van der Waals surface area contributed by atoms with Crippen LogP contribution in [0.15, 0.2) is 0 Å². The quantitative estimate of drug-likeness (QED) is 0.249. The molecule has 146 valence electrons. The normalized spacial score (nSPS) is 13.5. The van der Waals surface area contributed by atoms with E-state index in [4.69, 9.17) is 32.4 Å². The number of hydrogen-bond donors (Lipinski definition) is 2. The lowest BCUT2D eigenvalue weighted by Crippen LogP contribution is -2.49. The van der Waals surface area contributed by atoms with Gasteiger partial charge in [-0.05, 0) is 32.6 Å². The zero-order chi connectivity index (χ0) is 18.7. The highest BCUT2D eigenvalue weighted by Crippen LogP contribution is 2.26. The van der Waals surface area contributed by atoms with E-state index in [1.807, 2.05) is 0 Å². The van der Waals surface area contributed by atoms with Crippen LogP contribution in [0.5, 0.6) is 0 Å². The predicted molar refractivity (Wildman–Crippen MR) is 97.4 cm³/mol. The molecule has 0 spiro atoms. The summed E-state index contributed by atoms with van der Waals surface area (Å²) in [4.78, 5) is 0. The second-order valence-corrected chi connectivity index (χ2v) is 12.2. The fraction of sp³-hybridized carbons (Fsp3) is 1.00. The van der Waals surface area contributed by atoms with Crippen LogP contribution < -0.4 is 11.3 Å². The molecule has 0 aliphatic rings. The highest BCUT2D eigenvalue weighted by molar-refractivity contribution is 6.60. The molecule has 0 aromatic rings. The Balaban J connectivity index is 4.49. The molecule has 0 aliphatic carbocycles. The van der Waals surface area contributed by atoms with Crippen molar-refractivity contribution in [1.29, 1.82) is 0 Å². The average molecular weight is 385 g/mol. The molecule has 0 aromatic carbocycles. The van der Waals surface area contributed by atoms with Crippen LogP contribution in [0, 0.1) is 0 Å². The SMILES string of the molecule is CO[Si](CCCC(C)(CCC[Si](OC)(OC)OC)NN)(OC)OC. The van der Waals surface area contributed by atoms with Gasteiger partial charge in [0.05, 0.1) is 0 Å². The number of hydrazine groups is 1. The summed E-state index contributed by atoms with van der Waals surface area (Å²) in [6.07, 6.45) is 3.55. The number of hydrogen-bond acceptors (Lipinski definition) is 8. The van der Waals surface area contributed by atoms with E-state index in [-0.39, 0.29) is 5.54 Å². The maximum absolute atomic E-state index is 5.79. The first kappa shape index (κ1) is 24.1. The van der Waals surface area contributed by atoms with Gasteiger partial charge in [0.1, 0.15) is 0 Å². The van der Waals surface area contributed by atoms with E-state index in [0.717, 1.165) is 37.8 Å². The lowest BCUT2D eigenvalue weighted by molar-refractivity contribution is 0.120. The third kappa shape index (κ3) is 7.16. The average Bonchev–Trinajstić information content (AvgIpc) is 2.63. The van der Waals surface area contributed by atoms with Crippen LogP contribution in [0.3, 0.4) is 0 Å². The Labute approximate surface area is 149 Å². The van der Waals surface area contributed by atoms with E-state index < -0.39 is 17.6 Å². The van der Waals surface area contributed by atoms with Crippen molar-refractivity contribution in [1.82, 2.24) is 5.43 Å². The Bertz CT molecular complexity index is 288. The molecule has 3 N–H and O–H groups in total. The van der Waals surface area contributed by atoms with Gasteiger partial charge in [-0.1, -0.05) is 0 Å². The molecule has 0 saturated carbocycles. The summed E-state index contributed by atoms with van der Waals surface area (Å²) in [5.74, 6) is 5.79. The molecule has 0 heterocycles. The minimum atomic E-state index is -2.53. The Morgan fingerprint density at radius 2 is 1.00 bits per heavy atom. The molecule has 24 heavy (non-hydrogen) atoms. The third-order valence-corrected chi connectivity index (χ3v) is 10.3. The minimum absolute atomic E-state index is 0.190. The highest BCUT2D eigenvalue weighted by Gasteiger charge is 2.39. The lowest BCUT2D eigenvalue weighted by Gasteiger charge is -2.32. The van der Waals surface area contributed by atoms with Crippen LogP contribution in [0.1, 0.15) is 32.6 Å². The van der Waals surface area contributed by atoms with Gasteiger partial charge in [0.2, 0.25) is 0 Å². The van der Waals surface area contributed by atoms with Crippen LogP contribution in [-0.2, 0) is 26.6 Å². The van der Waals surface area contributed by atoms with Crippen molar-refractivity contribution in [3.63, 3.8) is 0 Å². The van der Waals surface area contributed by atoms with Gasteiger partial charge in [-0.3, -0.25) is 11.3 Å². The zero-order valence-electron chi connectivity index (χ0n) is 16.3. The van der Waals surface area contributed by atoms with Crippen LogP contribution in [0.2, 0.25) is 12.1 Å². The predicted octanol–water partition coefficient (Wildman–Crippen LogP) is 1.53. The molecule has 0 fully saturated rings. The zero-order valence-corrected chi connectivity index (χ0v) is 18.3. The first-order valence-electron chi connectivity index (χ1n) is 8.13. The highest BCUT2D eigenvalue weighted by atomic mass is 28.4. The third-order valence-electron chi connectivity index (χ3n) is 4.64. The Hall–Kier alpha value is 0.114. The van der Waals surface area contributed by atoms with Crippen molar-refractivity contribution in [2.24, 2.45) is 5.84 Å². The molecule has 0 unspecified atom stereocenters. The lowest BCUT2D eigenvalue weighted by atomic mass is 9.92. The van der Waals surface area contributed by atoms with Crippen LogP contribution in [0.25, 0.3) is 0 Å². The topological polar surface area (TPSA) is 93.4 Å². The molecular formula is C14H36N2O6Si2. The molecule has 0 aliphatic heterocycles. The number of nitrogens with one attached hydrogen (secondary N) is 1. The summed E-state index contributed by atoms with van der Waals surface area (Å²) in [5, 5.41) is 0. The van der Waals surface area contributed by atoms with Crippen LogP contribution >= 0.6 is 0 Å². The monoisotopic (exact) mass is 384 g/mol. The van der Waals surface area contributed by atoms with Crippen molar-refractivity contribution >= 4 is 17.6 Å². The van der Waals surface area contributed by atoms with E-state index in [0.29, 0.717) is 0 Å². The minimum Gasteiger partial charge on any atom is -0.377 e. The molecule has 0 rings (SSSR count). The Morgan fingerprint density at radius 3 is 1.21 bits per heavy atom. The molecule has 8 nitrogen and oxygen atoms in total. The van der Waals surface area contributed by atoms with Crippen molar-refractivity contribution < 1.29 is 26.6 Å². The summed E-state index contributed by atoms with van der Waals surface area (Å²) in [6, 6.07) is 1.50. The van der Waals surface area contributed by atoms with Gasteiger partial charge in [0.15, 0.2) is 0 Å². The van der Waals surface area contributed by atoms with E-state index in [2.05, 4.69) is 12.3 Å². The van der Waals surface area contributed by atoms with Crippen LogP contribution in [0.4, 0.5) is 0 Å². The molecule has 0 amide bonds. The first-order chi connectivity index (χ1) is 11.3. The van der Waals surface area contributed by atoms with Crippen molar-refractivity contribution in [3.8, 4) is 0 Å².